The number of aromatic amines is 1. The van der Waals surface area contributed by atoms with Crippen molar-refractivity contribution in [3.63, 3.8) is 0 Å². The van der Waals surface area contributed by atoms with Crippen LogP contribution < -0.4 is 19.8 Å². The third-order valence-electron chi connectivity index (χ3n) is 9.60. The molecule has 8 rings (SSSR count). The molecule has 4 aliphatic rings. The van der Waals surface area contributed by atoms with Gasteiger partial charge in [-0.15, -0.1) is 11.8 Å². The number of thiazole rings is 1. The minimum absolute atomic E-state index is 0.0486. The lowest BCUT2D eigenvalue weighted by Gasteiger charge is -2.43. The van der Waals surface area contributed by atoms with Crippen LogP contribution in [0.5, 0.6) is 5.75 Å². The number of hydrogen-bond acceptors (Lipinski definition) is 7. The smallest absolute Gasteiger partial charge is 0.305 e. The molecule has 4 aromatic rings. The average Bonchev–Trinajstić information content (AvgIpc) is 3.77. The minimum atomic E-state index is -0.526. The lowest BCUT2D eigenvalue weighted by Crippen LogP contribution is -2.42. The number of ether oxygens (including phenoxy) is 1. The Balaban J connectivity index is 1.14. The molecule has 3 fully saturated rings. The number of thioether (sulfide) groups is 1. The molecule has 1 aromatic heterocycles. The number of aromatic nitrogens is 1. The summed E-state index contributed by atoms with van der Waals surface area (Å²) in [4.78, 5) is 58.1. The first kappa shape index (κ1) is 29.6. The number of halogens is 3. The molecule has 2 aliphatic carbocycles. The molecule has 8 nitrogen and oxygen atoms in total. The molecule has 1 saturated heterocycles. The molecular weight excluding hydrogens is 700 g/mol. The van der Waals surface area contributed by atoms with E-state index in [1.54, 1.807) is 17.8 Å². The number of rotatable bonds is 6. The minimum Gasteiger partial charge on any atom is -0.483 e. The summed E-state index contributed by atoms with van der Waals surface area (Å²) >= 11 is 6.28. The highest BCUT2D eigenvalue weighted by atomic mass is 79.9. The highest BCUT2D eigenvalue weighted by Gasteiger charge is 2.69. The van der Waals surface area contributed by atoms with Crippen LogP contribution in [0.1, 0.15) is 22.8 Å². The molecule has 2 aliphatic heterocycles. The van der Waals surface area contributed by atoms with Crippen molar-refractivity contribution in [3.05, 3.63) is 103 Å². The van der Waals surface area contributed by atoms with Crippen LogP contribution >= 0.6 is 39.0 Å². The number of anilines is 2. The van der Waals surface area contributed by atoms with E-state index in [2.05, 4.69) is 26.2 Å². The van der Waals surface area contributed by atoms with E-state index in [0.29, 0.717) is 23.5 Å². The second-order valence-electron chi connectivity index (χ2n) is 12.0. The Morgan fingerprint density at radius 2 is 1.63 bits per heavy atom. The fraction of sp³-hybridized carbons (Fsp3) is 0.273. The van der Waals surface area contributed by atoms with Crippen molar-refractivity contribution in [1.82, 2.24) is 4.98 Å². The van der Waals surface area contributed by atoms with Gasteiger partial charge in [0.1, 0.15) is 17.4 Å². The van der Waals surface area contributed by atoms with Crippen molar-refractivity contribution in [2.24, 2.45) is 29.6 Å². The van der Waals surface area contributed by atoms with Gasteiger partial charge < -0.3 is 15.0 Å². The van der Waals surface area contributed by atoms with E-state index in [9.17, 15) is 28.0 Å². The maximum absolute atomic E-state index is 14.0. The van der Waals surface area contributed by atoms with Crippen molar-refractivity contribution in [1.29, 1.82) is 0 Å². The van der Waals surface area contributed by atoms with E-state index in [1.165, 1.54) is 53.4 Å². The first-order valence-electron chi connectivity index (χ1n) is 14.7. The van der Waals surface area contributed by atoms with Gasteiger partial charge >= 0.3 is 4.87 Å². The SMILES string of the molecule is O=C(COc1ccc(Br)cc1[C@H]1c2sc(=O)[nH]c2SC2C3CC(C4C(=O)N(c5ccc(F)cc5)C(=O)C34)C21)Nc1ccc(F)cc1. The highest BCUT2D eigenvalue weighted by molar-refractivity contribution is 9.10. The zero-order valence-electron chi connectivity index (χ0n) is 23.7. The molecule has 46 heavy (non-hydrogen) atoms. The third-order valence-corrected chi connectivity index (χ3v) is 12.7. The van der Waals surface area contributed by atoms with Crippen molar-refractivity contribution in [2.75, 3.05) is 16.8 Å². The number of benzene rings is 3. The van der Waals surface area contributed by atoms with Crippen LogP contribution in [0.4, 0.5) is 20.2 Å². The zero-order chi connectivity index (χ0) is 31.9. The lowest BCUT2D eigenvalue weighted by atomic mass is 9.68. The molecule has 2 saturated carbocycles. The standard InChI is InChI=1S/C33H24BrF2N3O5S2/c34-14-1-10-22(44-13-23(40)37-17-6-2-15(35)3-7-17)19(11-14)24-25-20-12-21(28(25)45-30-29(24)46-33(43)38-30)27-26(20)31(41)39(32(27)42)18-8-4-16(36)5-9-18/h1-11,20-21,24-28H,12-13H2,(H,37,40)(H,38,43)/t20?,21?,24-,25?,26?,27?,28?/m1/s1. The molecule has 2 bridgehead atoms. The van der Waals surface area contributed by atoms with E-state index in [4.69, 9.17) is 4.74 Å². The number of nitrogens with one attached hydrogen (secondary N) is 2. The Morgan fingerprint density at radius 3 is 2.35 bits per heavy atom. The maximum atomic E-state index is 14.0. The fourth-order valence-corrected chi connectivity index (χ4v) is 11.2. The molecule has 234 valence electrons. The predicted octanol–water partition coefficient (Wildman–Crippen LogP) is 6.17. The van der Waals surface area contributed by atoms with Gasteiger partial charge in [0.2, 0.25) is 11.8 Å². The summed E-state index contributed by atoms with van der Waals surface area (Å²) in [5.41, 5.74) is 1.57. The number of hydrogen-bond donors (Lipinski definition) is 2. The second kappa shape index (κ2) is 11.2. The van der Waals surface area contributed by atoms with Gasteiger partial charge in [-0.3, -0.25) is 24.1 Å². The van der Waals surface area contributed by atoms with Crippen molar-refractivity contribution < 1.29 is 27.9 Å². The van der Waals surface area contributed by atoms with E-state index in [-0.39, 0.29) is 52.2 Å². The van der Waals surface area contributed by atoms with Gasteiger partial charge in [0.15, 0.2) is 6.61 Å². The van der Waals surface area contributed by atoms with Gasteiger partial charge in [0.25, 0.3) is 5.91 Å². The van der Waals surface area contributed by atoms with Crippen LogP contribution in [-0.4, -0.2) is 34.6 Å². The maximum Gasteiger partial charge on any atom is 0.305 e. The van der Waals surface area contributed by atoms with Gasteiger partial charge in [0, 0.05) is 31.8 Å². The molecular formula is C33H24BrF2N3O5S2. The summed E-state index contributed by atoms with van der Waals surface area (Å²) in [6.45, 7) is -0.311. The average molecular weight is 725 g/mol. The molecule has 2 N–H and O–H groups in total. The quantitative estimate of drug-likeness (QED) is 0.231. The number of imide groups is 1. The molecule has 13 heteroatoms. The topological polar surface area (TPSA) is 109 Å². The van der Waals surface area contributed by atoms with Crippen LogP contribution in [-0.2, 0) is 14.4 Å². The van der Waals surface area contributed by atoms with E-state index in [0.717, 1.165) is 31.3 Å². The second-order valence-corrected chi connectivity index (χ2v) is 15.1. The normalized spacial score (nSPS) is 27.4. The number of amides is 3. The first-order chi connectivity index (χ1) is 22.2. The number of carbonyl (C=O) groups is 3. The zero-order valence-corrected chi connectivity index (χ0v) is 27.0. The fourth-order valence-electron chi connectivity index (χ4n) is 7.98. The number of nitrogens with zero attached hydrogens (tertiary/aromatic N) is 1. The first-order valence-corrected chi connectivity index (χ1v) is 17.2. The Morgan fingerprint density at radius 1 is 0.957 bits per heavy atom. The number of H-pyrrole nitrogens is 1. The van der Waals surface area contributed by atoms with Gasteiger partial charge in [-0.05, 0) is 90.9 Å². The van der Waals surface area contributed by atoms with Crippen molar-refractivity contribution in [2.45, 2.75) is 22.6 Å². The van der Waals surface area contributed by atoms with E-state index < -0.39 is 29.4 Å². The molecule has 3 aromatic carbocycles. The molecule has 7 atom stereocenters. The van der Waals surface area contributed by atoms with Crippen LogP contribution in [0.25, 0.3) is 0 Å². The lowest BCUT2D eigenvalue weighted by molar-refractivity contribution is -0.123. The molecule has 3 heterocycles. The summed E-state index contributed by atoms with van der Waals surface area (Å²) in [6.07, 6.45) is 0.701. The summed E-state index contributed by atoms with van der Waals surface area (Å²) in [5.74, 6) is -3.04. The molecule has 0 spiro atoms. The highest BCUT2D eigenvalue weighted by Crippen LogP contribution is 2.69. The van der Waals surface area contributed by atoms with Crippen molar-refractivity contribution in [3.8, 4) is 5.75 Å². The van der Waals surface area contributed by atoms with Gasteiger partial charge in [0.05, 0.1) is 22.5 Å². The Kier molecular flexibility index (Phi) is 7.18. The molecule has 0 radical (unpaired) electrons. The van der Waals surface area contributed by atoms with Crippen LogP contribution in [0, 0.1) is 41.2 Å². The van der Waals surface area contributed by atoms with Crippen molar-refractivity contribution >= 4 is 68.1 Å². The molecule has 3 amide bonds. The van der Waals surface area contributed by atoms with Gasteiger partial charge in [-0.25, -0.2) is 8.78 Å². The van der Waals surface area contributed by atoms with Gasteiger partial charge in [-0.2, -0.15) is 0 Å². The number of fused-ring (bicyclic) bond motifs is 9. The van der Waals surface area contributed by atoms with Crippen LogP contribution in [0.3, 0.4) is 0 Å². The van der Waals surface area contributed by atoms with Gasteiger partial charge in [-0.1, -0.05) is 27.3 Å². The monoisotopic (exact) mass is 723 g/mol. The number of carbonyl (C=O) groups excluding carboxylic acids is 3. The Bertz CT molecular complexity index is 1970. The van der Waals surface area contributed by atoms with E-state index >= 15 is 0 Å². The van der Waals surface area contributed by atoms with E-state index in [1.807, 2.05) is 12.1 Å². The third kappa shape index (κ3) is 4.73. The van der Waals surface area contributed by atoms with Crippen LogP contribution in [0.15, 0.2) is 81.0 Å². The summed E-state index contributed by atoms with van der Waals surface area (Å²) < 4.78 is 33.9. The molecule has 6 unspecified atom stereocenters. The summed E-state index contributed by atoms with van der Waals surface area (Å²) in [7, 11) is 0. The summed E-state index contributed by atoms with van der Waals surface area (Å²) in [5, 5.41) is 3.40. The van der Waals surface area contributed by atoms with Crippen LogP contribution in [0.2, 0.25) is 0 Å². The predicted molar refractivity (Wildman–Crippen MR) is 172 cm³/mol. The Labute approximate surface area is 277 Å². The Hall–Kier alpha value is -3.81. The largest absolute Gasteiger partial charge is 0.483 e. The summed E-state index contributed by atoms with van der Waals surface area (Å²) in [6, 6.07) is 16.3.